The van der Waals surface area contributed by atoms with Crippen LogP contribution in [0.2, 0.25) is 0 Å². The lowest BCUT2D eigenvalue weighted by atomic mass is 10.1. The Morgan fingerprint density at radius 2 is 1.77 bits per heavy atom. The van der Waals surface area contributed by atoms with Crippen molar-refractivity contribution in [2.24, 2.45) is 0 Å². The Balaban J connectivity index is 1.67. The zero-order valence-corrected chi connectivity index (χ0v) is 14.3. The molecule has 134 valence electrons. The average molecular weight is 356 g/mol. The van der Waals surface area contributed by atoms with Gasteiger partial charge in [-0.05, 0) is 36.8 Å². The Morgan fingerprint density at radius 1 is 1.15 bits per heavy atom. The molecule has 0 saturated carbocycles. The molecule has 2 aromatic rings. The Morgan fingerprint density at radius 3 is 2.31 bits per heavy atom. The Labute approximate surface area is 149 Å². The largest absolute Gasteiger partial charge is 0.494 e. The van der Waals surface area contributed by atoms with Gasteiger partial charge in [0.1, 0.15) is 6.54 Å². The number of imide groups is 1. The third-order valence-electron chi connectivity index (χ3n) is 4.23. The van der Waals surface area contributed by atoms with Crippen LogP contribution in [0.1, 0.15) is 39.2 Å². The Kier molecular flexibility index (Phi) is 4.71. The number of amides is 3. The van der Waals surface area contributed by atoms with E-state index in [0.717, 1.165) is 4.90 Å². The van der Waals surface area contributed by atoms with Crippen molar-refractivity contribution >= 4 is 17.7 Å². The van der Waals surface area contributed by atoms with Gasteiger partial charge in [0, 0.05) is 0 Å². The third-order valence-corrected chi connectivity index (χ3v) is 4.23. The number of halogens is 1. The molecular weight excluding hydrogens is 339 g/mol. The van der Waals surface area contributed by atoms with Crippen molar-refractivity contribution in [3.63, 3.8) is 0 Å². The maximum absolute atomic E-state index is 13.8. The lowest BCUT2D eigenvalue weighted by Gasteiger charge is -2.18. The normalized spacial score (nSPS) is 14.2. The van der Waals surface area contributed by atoms with Crippen molar-refractivity contribution in [1.29, 1.82) is 0 Å². The molecule has 0 saturated heterocycles. The van der Waals surface area contributed by atoms with Crippen molar-refractivity contribution in [3.05, 3.63) is 65.0 Å². The van der Waals surface area contributed by atoms with Gasteiger partial charge < -0.3 is 10.1 Å². The number of carbonyl (C=O) groups excluding carboxylic acids is 3. The monoisotopic (exact) mass is 356 g/mol. The van der Waals surface area contributed by atoms with Crippen LogP contribution < -0.4 is 10.1 Å². The summed E-state index contributed by atoms with van der Waals surface area (Å²) in [7, 11) is 1.37. The molecule has 1 N–H and O–H groups in total. The van der Waals surface area contributed by atoms with Gasteiger partial charge in [-0.25, -0.2) is 4.39 Å². The highest BCUT2D eigenvalue weighted by atomic mass is 19.1. The fraction of sp³-hybridized carbons (Fsp3) is 0.211. The quantitative estimate of drug-likeness (QED) is 0.834. The standard InChI is InChI=1S/C19H17FN2O4/c1-11(12-7-8-16(26-2)15(20)9-12)21-17(23)10-22-18(24)13-5-3-4-6-14(13)19(22)25/h3-9,11H,10H2,1-2H3,(H,21,23)/t11-/m0/s1. The molecule has 0 aliphatic carbocycles. The molecule has 3 amide bonds. The SMILES string of the molecule is COc1ccc([C@H](C)NC(=O)CN2C(=O)c3ccccc3C2=O)cc1F. The second-order valence-electron chi connectivity index (χ2n) is 5.93. The van der Waals surface area contributed by atoms with Crippen molar-refractivity contribution in [2.75, 3.05) is 13.7 Å². The summed E-state index contributed by atoms with van der Waals surface area (Å²) in [5, 5.41) is 2.66. The molecule has 1 atom stereocenters. The van der Waals surface area contributed by atoms with Gasteiger partial charge in [0.05, 0.1) is 24.3 Å². The number of methoxy groups -OCH3 is 1. The number of benzene rings is 2. The highest BCUT2D eigenvalue weighted by Crippen LogP contribution is 2.23. The van der Waals surface area contributed by atoms with Crippen LogP contribution in [-0.4, -0.2) is 36.3 Å². The highest BCUT2D eigenvalue weighted by molar-refractivity contribution is 6.22. The van der Waals surface area contributed by atoms with Gasteiger partial charge in [-0.2, -0.15) is 0 Å². The first-order valence-electron chi connectivity index (χ1n) is 8.00. The van der Waals surface area contributed by atoms with Gasteiger partial charge in [-0.3, -0.25) is 19.3 Å². The molecule has 0 fully saturated rings. The molecule has 0 radical (unpaired) electrons. The summed E-state index contributed by atoms with van der Waals surface area (Å²) in [6.45, 7) is 1.29. The molecular formula is C19H17FN2O4. The molecule has 0 bridgehead atoms. The van der Waals surface area contributed by atoms with Crippen molar-refractivity contribution in [3.8, 4) is 5.75 Å². The van der Waals surface area contributed by atoms with Crippen LogP contribution in [0.15, 0.2) is 42.5 Å². The van der Waals surface area contributed by atoms with Crippen LogP contribution in [0.3, 0.4) is 0 Å². The molecule has 0 aromatic heterocycles. The molecule has 6 nitrogen and oxygen atoms in total. The van der Waals surface area contributed by atoms with Gasteiger partial charge in [0.15, 0.2) is 11.6 Å². The van der Waals surface area contributed by atoms with Crippen LogP contribution in [-0.2, 0) is 4.79 Å². The second kappa shape index (κ2) is 6.95. The van der Waals surface area contributed by atoms with Crippen molar-refractivity contribution in [2.45, 2.75) is 13.0 Å². The highest BCUT2D eigenvalue weighted by Gasteiger charge is 2.36. The summed E-state index contributed by atoms with van der Waals surface area (Å²) in [5.74, 6) is -1.93. The predicted octanol–water partition coefficient (Wildman–Crippen LogP) is 2.31. The summed E-state index contributed by atoms with van der Waals surface area (Å²) in [6, 6.07) is 10.3. The smallest absolute Gasteiger partial charge is 0.262 e. The van der Waals surface area contributed by atoms with Crippen molar-refractivity contribution in [1.82, 2.24) is 10.2 Å². The number of nitrogens with one attached hydrogen (secondary N) is 1. The summed E-state index contributed by atoms with van der Waals surface area (Å²) in [4.78, 5) is 37.7. The topological polar surface area (TPSA) is 75.7 Å². The van der Waals surface area contributed by atoms with E-state index >= 15 is 0 Å². The minimum Gasteiger partial charge on any atom is -0.494 e. The first-order chi connectivity index (χ1) is 12.4. The number of rotatable bonds is 5. The fourth-order valence-corrected chi connectivity index (χ4v) is 2.85. The van der Waals surface area contributed by atoms with Gasteiger partial charge in [-0.15, -0.1) is 0 Å². The van der Waals surface area contributed by atoms with Gasteiger partial charge in [-0.1, -0.05) is 18.2 Å². The van der Waals surface area contributed by atoms with E-state index in [-0.39, 0.29) is 16.9 Å². The molecule has 1 aliphatic heterocycles. The summed E-state index contributed by atoms with van der Waals surface area (Å²) < 4.78 is 18.7. The maximum Gasteiger partial charge on any atom is 0.262 e. The van der Waals surface area contributed by atoms with E-state index in [1.165, 1.54) is 19.2 Å². The lowest BCUT2D eigenvalue weighted by molar-refractivity contribution is -0.122. The van der Waals surface area contributed by atoms with E-state index in [9.17, 15) is 18.8 Å². The first kappa shape index (κ1) is 17.6. The maximum atomic E-state index is 13.8. The van der Waals surface area contributed by atoms with Crippen LogP contribution in [0.4, 0.5) is 4.39 Å². The average Bonchev–Trinajstić information content (AvgIpc) is 2.87. The predicted molar refractivity (Wildman–Crippen MR) is 91.3 cm³/mol. The van der Waals surface area contributed by atoms with Crippen LogP contribution >= 0.6 is 0 Å². The zero-order valence-electron chi connectivity index (χ0n) is 14.3. The van der Waals surface area contributed by atoms with Crippen LogP contribution in [0.25, 0.3) is 0 Å². The molecule has 7 heteroatoms. The van der Waals surface area contributed by atoms with E-state index < -0.39 is 36.1 Å². The Bertz CT molecular complexity index is 862. The van der Waals surface area contributed by atoms with Crippen LogP contribution in [0, 0.1) is 5.82 Å². The molecule has 0 spiro atoms. The minimum absolute atomic E-state index is 0.110. The number of hydrogen-bond donors (Lipinski definition) is 1. The number of carbonyl (C=O) groups is 3. The number of hydrogen-bond acceptors (Lipinski definition) is 4. The summed E-state index contributed by atoms with van der Waals surface area (Å²) in [6.07, 6.45) is 0. The van der Waals surface area contributed by atoms with E-state index in [4.69, 9.17) is 4.74 Å². The van der Waals surface area contributed by atoms with E-state index in [2.05, 4.69) is 5.32 Å². The Hall–Kier alpha value is -3.22. The minimum atomic E-state index is -0.536. The number of ether oxygens (including phenoxy) is 1. The van der Waals surface area contributed by atoms with Crippen molar-refractivity contribution < 1.29 is 23.5 Å². The molecule has 26 heavy (non-hydrogen) atoms. The summed E-state index contributed by atoms with van der Waals surface area (Å²) in [5.41, 5.74) is 1.12. The molecule has 1 heterocycles. The van der Waals surface area contributed by atoms with Gasteiger partial charge in [0.2, 0.25) is 5.91 Å². The van der Waals surface area contributed by atoms with E-state index in [1.807, 2.05) is 0 Å². The van der Waals surface area contributed by atoms with Gasteiger partial charge in [0.25, 0.3) is 11.8 Å². The fourth-order valence-electron chi connectivity index (χ4n) is 2.85. The molecule has 0 unspecified atom stereocenters. The first-order valence-corrected chi connectivity index (χ1v) is 8.00. The molecule has 1 aliphatic rings. The lowest BCUT2D eigenvalue weighted by Crippen LogP contribution is -2.41. The zero-order chi connectivity index (χ0) is 18.8. The van der Waals surface area contributed by atoms with E-state index in [1.54, 1.807) is 37.3 Å². The second-order valence-corrected chi connectivity index (χ2v) is 5.93. The number of fused-ring (bicyclic) bond motifs is 1. The molecule has 2 aromatic carbocycles. The summed E-state index contributed by atoms with van der Waals surface area (Å²) >= 11 is 0. The van der Waals surface area contributed by atoms with Crippen LogP contribution in [0.5, 0.6) is 5.75 Å². The third kappa shape index (κ3) is 3.15. The van der Waals surface area contributed by atoms with E-state index in [0.29, 0.717) is 5.56 Å². The molecule has 3 rings (SSSR count). The number of nitrogens with zero attached hydrogens (tertiary/aromatic N) is 1. The van der Waals surface area contributed by atoms with Gasteiger partial charge >= 0.3 is 0 Å².